The molecule has 1 aromatic carbocycles. The van der Waals surface area contributed by atoms with Crippen LogP contribution in [0.4, 0.5) is 33.6 Å². The minimum Gasteiger partial charge on any atom is -0.505 e. The van der Waals surface area contributed by atoms with E-state index in [-0.39, 0.29) is 5.95 Å². The molecule has 0 unspecified atom stereocenters. The van der Waals surface area contributed by atoms with E-state index in [1.54, 1.807) is 18.5 Å². The van der Waals surface area contributed by atoms with Gasteiger partial charge in [-0.1, -0.05) is 25.7 Å². The highest BCUT2D eigenvalue weighted by molar-refractivity contribution is 5.61. The van der Waals surface area contributed by atoms with Crippen LogP contribution in [0.25, 0.3) is 0 Å². The zero-order chi connectivity index (χ0) is 21.6. The van der Waals surface area contributed by atoms with Crippen molar-refractivity contribution in [2.24, 2.45) is 0 Å². The first-order valence-electron chi connectivity index (χ1n) is 10.5. The van der Waals surface area contributed by atoms with Crippen molar-refractivity contribution in [3.8, 4) is 5.75 Å². The molecule has 2 aromatic heterocycles. The normalized spacial score (nSPS) is 14.6. The molecule has 9 heteroatoms. The van der Waals surface area contributed by atoms with Gasteiger partial charge in [0.2, 0.25) is 17.8 Å². The number of nitrogens with one attached hydrogen (secondary N) is 2. The quantitative estimate of drug-likeness (QED) is 0.386. The third kappa shape index (κ3) is 5.36. The molecule has 4 rings (SSSR count). The van der Waals surface area contributed by atoms with Gasteiger partial charge in [0.15, 0.2) is 11.6 Å². The van der Waals surface area contributed by atoms with Gasteiger partial charge >= 0.3 is 0 Å². The molecule has 2 heterocycles. The molecule has 0 amide bonds. The van der Waals surface area contributed by atoms with Crippen molar-refractivity contribution in [1.82, 2.24) is 19.9 Å². The topological polar surface area (TPSA) is 99.1 Å². The van der Waals surface area contributed by atoms with Gasteiger partial charge in [0.1, 0.15) is 0 Å². The van der Waals surface area contributed by atoms with E-state index in [9.17, 15) is 9.50 Å². The van der Waals surface area contributed by atoms with Gasteiger partial charge in [0, 0.05) is 42.9 Å². The van der Waals surface area contributed by atoms with E-state index in [4.69, 9.17) is 0 Å². The van der Waals surface area contributed by atoms with E-state index >= 15 is 0 Å². The lowest BCUT2D eigenvalue weighted by molar-refractivity contribution is 0.432. The fourth-order valence-corrected chi connectivity index (χ4v) is 3.64. The second-order valence-corrected chi connectivity index (χ2v) is 7.67. The predicted molar refractivity (Wildman–Crippen MR) is 119 cm³/mol. The summed E-state index contributed by atoms with van der Waals surface area (Å²) in [5, 5.41) is 15.9. The number of pyridine rings is 1. The van der Waals surface area contributed by atoms with Crippen LogP contribution in [0.15, 0.2) is 42.7 Å². The summed E-state index contributed by atoms with van der Waals surface area (Å²) in [6, 6.07) is 8.09. The number of phenolic OH excluding ortho intramolecular Hbond substituents is 1. The van der Waals surface area contributed by atoms with Crippen LogP contribution in [-0.2, 0) is 0 Å². The Bertz CT molecular complexity index is 1010. The van der Waals surface area contributed by atoms with E-state index in [1.807, 2.05) is 24.1 Å². The van der Waals surface area contributed by atoms with Crippen LogP contribution in [-0.4, -0.2) is 38.1 Å². The fraction of sp³-hybridized carbons (Fsp3) is 0.364. The number of rotatable bonds is 6. The number of nitrogens with zero attached hydrogens (tertiary/aromatic N) is 5. The molecule has 1 fully saturated rings. The van der Waals surface area contributed by atoms with Gasteiger partial charge in [-0.05, 0) is 37.1 Å². The molecule has 1 aliphatic rings. The highest BCUT2D eigenvalue weighted by Gasteiger charge is 2.17. The molecule has 8 nitrogen and oxygen atoms in total. The highest BCUT2D eigenvalue weighted by Crippen LogP contribution is 2.26. The Morgan fingerprint density at radius 1 is 0.968 bits per heavy atom. The van der Waals surface area contributed by atoms with Gasteiger partial charge in [0.05, 0.1) is 0 Å². The molecule has 3 N–H and O–H groups in total. The van der Waals surface area contributed by atoms with E-state index in [0.717, 1.165) is 18.5 Å². The molecule has 31 heavy (non-hydrogen) atoms. The number of aromatic nitrogens is 4. The summed E-state index contributed by atoms with van der Waals surface area (Å²) in [5.74, 6) is 0.0748. The number of hydrogen-bond donors (Lipinski definition) is 3. The molecule has 0 spiro atoms. The molecular formula is C22H26FN7O. The summed E-state index contributed by atoms with van der Waals surface area (Å²) < 4.78 is 13.8. The highest BCUT2D eigenvalue weighted by atomic mass is 19.1. The Hall–Kier alpha value is -3.49. The maximum atomic E-state index is 13.8. The van der Waals surface area contributed by atoms with Gasteiger partial charge in [-0.2, -0.15) is 15.0 Å². The molecular weight excluding hydrogens is 397 g/mol. The van der Waals surface area contributed by atoms with Crippen molar-refractivity contribution >= 4 is 29.2 Å². The first-order valence-corrected chi connectivity index (χ1v) is 10.5. The Balaban J connectivity index is 1.64. The molecule has 0 saturated heterocycles. The summed E-state index contributed by atoms with van der Waals surface area (Å²) in [4.78, 5) is 19.5. The molecule has 1 saturated carbocycles. The van der Waals surface area contributed by atoms with Crippen molar-refractivity contribution in [3.05, 3.63) is 48.5 Å². The van der Waals surface area contributed by atoms with Crippen molar-refractivity contribution in [2.45, 2.75) is 44.6 Å². The summed E-state index contributed by atoms with van der Waals surface area (Å²) >= 11 is 0. The van der Waals surface area contributed by atoms with Crippen LogP contribution >= 0.6 is 0 Å². The number of halogens is 1. The molecule has 1 aliphatic carbocycles. The van der Waals surface area contributed by atoms with Crippen LogP contribution in [0, 0.1) is 5.82 Å². The first-order chi connectivity index (χ1) is 15.1. The van der Waals surface area contributed by atoms with Crippen molar-refractivity contribution < 1.29 is 9.50 Å². The number of benzene rings is 1. The molecule has 162 valence electrons. The lowest BCUT2D eigenvalue weighted by Gasteiger charge is -2.21. The van der Waals surface area contributed by atoms with Gasteiger partial charge in [-0.15, -0.1) is 0 Å². The molecule has 0 aliphatic heterocycles. The minimum atomic E-state index is -0.718. The Morgan fingerprint density at radius 2 is 1.68 bits per heavy atom. The van der Waals surface area contributed by atoms with E-state index in [2.05, 4.69) is 30.6 Å². The second-order valence-electron chi connectivity index (χ2n) is 7.67. The number of phenols is 1. The van der Waals surface area contributed by atoms with Crippen LogP contribution in [0.1, 0.15) is 38.5 Å². The van der Waals surface area contributed by atoms with Gasteiger partial charge in [0.25, 0.3) is 0 Å². The standard InChI is InChI=1S/C22H26FN7O/c1-30(17-10-12-24-13-11-17)22-28-20(25-15-6-4-2-3-5-7-15)27-21(29-22)26-16-8-9-19(31)18(23)14-16/h8-15,31H,2-7H2,1H3,(H2,25,26,27,28,29). The number of anilines is 5. The Morgan fingerprint density at radius 3 is 2.39 bits per heavy atom. The number of aromatic hydroxyl groups is 1. The van der Waals surface area contributed by atoms with Gasteiger partial charge < -0.3 is 20.6 Å². The third-order valence-electron chi connectivity index (χ3n) is 5.37. The molecule has 3 aromatic rings. The smallest absolute Gasteiger partial charge is 0.236 e. The SMILES string of the molecule is CN(c1ccncc1)c1nc(Nc2ccc(O)c(F)c2)nc(NC2CCCCCC2)n1. The Labute approximate surface area is 180 Å². The van der Waals surface area contributed by atoms with E-state index in [1.165, 1.54) is 37.8 Å². The number of hydrogen-bond acceptors (Lipinski definition) is 8. The Kier molecular flexibility index (Phi) is 6.40. The second kappa shape index (κ2) is 9.55. The fourth-order valence-electron chi connectivity index (χ4n) is 3.64. The summed E-state index contributed by atoms with van der Waals surface area (Å²) in [6.07, 6.45) is 10.4. The third-order valence-corrected chi connectivity index (χ3v) is 5.37. The van der Waals surface area contributed by atoms with Gasteiger partial charge in [-0.3, -0.25) is 4.98 Å². The lowest BCUT2D eigenvalue weighted by atomic mass is 10.1. The van der Waals surface area contributed by atoms with Crippen molar-refractivity contribution in [3.63, 3.8) is 0 Å². The van der Waals surface area contributed by atoms with Crippen LogP contribution in [0.3, 0.4) is 0 Å². The van der Waals surface area contributed by atoms with Crippen LogP contribution in [0.2, 0.25) is 0 Å². The van der Waals surface area contributed by atoms with Crippen LogP contribution < -0.4 is 15.5 Å². The summed E-state index contributed by atoms with van der Waals surface area (Å²) in [6.45, 7) is 0. The monoisotopic (exact) mass is 423 g/mol. The zero-order valence-corrected chi connectivity index (χ0v) is 17.4. The maximum absolute atomic E-state index is 13.8. The van der Waals surface area contributed by atoms with Gasteiger partial charge in [-0.25, -0.2) is 4.39 Å². The predicted octanol–water partition coefficient (Wildman–Crippen LogP) is 4.76. The van der Waals surface area contributed by atoms with Crippen molar-refractivity contribution in [2.75, 3.05) is 22.6 Å². The lowest BCUT2D eigenvalue weighted by Crippen LogP contribution is -2.22. The molecule has 0 atom stereocenters. The summed E-state index contributed by atoms with van der Waals surface area (Å²) in [7, 11) is 1.87. The largest absolute Gasteiger partial charge is 0.505 e. The van der Waals surface area contributed by atoms with Crippen LogP contribution in [0.5, 0.6) is 5.75 Å². The maximum Gasteiger partial charge on any atom is 0.236 e. The first kappa shape index (κ1) is 20.8. The van der Waals surface area contributed by atoms with Crippen molar-refractivity contribution in [1.29, 1.82) is 0 Å². The van der Waals surface area contributed by atoms with E-state index in [0.29, 0.717) is 23.6 Å². The minimum absolute atomic E-state index is 0.284. The molecule has 0 radical (unpaired) electrons. The average molecular weight is 423 g/mol. The summed E-state index contributed by atoms with van der Waals surface area (Å²) in [5.41, 5.74) is 1.31. The zero-order valence-electron chi connectivity index (χ0n) is 17.4. The average Bonchev–Trinajstić information content (AvgIpc) is 3.05. The van der Waals surface area contributed by atoms with E-state index < -0.39 is 11.6 Å². The molecule has 0 bridgehead atoms.